The number of hydrogen-bond acceptors (Lipinski definition) is 8. The normalized spacial score (nSPS) is 31.8. The molecule has 12 heteroatoms. The highest BCUT2D eigenvalue weighted by atomic mass is 28.5. The molecule has 0 aromatic carbocycles. The lowest BCUT2D eigenvalue weighted by molar-refractivity contribution is 0.0735. The van der Waals surface area contributed by atoms with Gasteiger partial charge in [0.25, 0.3) is 0 Å². The third-order valence-electron chi connectivity index (χ3n) is 2.10. The first-order valence-corrected chi connectivity index (χ1v) is 12.5. The summed E-state index contributed by atoms with van der Waals surface area (Å²) < 4.78 is 44.9. The quantitative estimate of drug-likeness (QED) is 0.515. The van der Waals surface area contributed by atoms with Gasteiger partial charge in [-0.3, -0.25) is 0 Å². The molecule has 1 rings (SSSR count). The van der Waals surface area contributed by atoms with E-state index in [0.29, 0.717) is 26.4 Å². The summed E-state index contributed by atoms with van der Waals surface area (Å²) >= 11 is 0. The molecular formula is C8H24O8Si4. The lowest BCUT2D eigenvalue weighted by Crippen LogP contribution is -2.52. The van der Waals surface area contributed by atoms with Crippen LogP contribution in [0.5, 0.6) is 0 Å². The molecule has 0 bridgehead atoms. The Hall–Kier alpha value is 0.548. The van der Waals surface area contributed by atoms with Crippen molar-refractivity contribution in [1.82, 2.24) is 0 Å². The molecule has 0 N–H and O–H groups in total. The second-order valence-electron chi connectivity index (χ2n) is 3.52. The van der Waals surface area contributed by atoms with Crippen molar-refractivity contribution in [3.63, 3.8) is 0 Å². The second kappa shape index (κ2) is 11.2. The molecule has 1 fully saturated rings. The van der Waals surface area contributed by atoms with Crippen LogP contribution in [0.2, 0.25) is 0 Å². The van der Waals surface area contributed by atoms with Crippen LogP contribution in [0.3, 0.4) is 0 Å². The van der Waals surface area contributed by atoms with E-state index in [0.717, 1.165) is 0 Å². The van der Waals surface area contributed by atoms with Crippen molar-refractivity contribution in [1.29, 1.82) is 0 Å². The fraction of sp³-hybridized carbons (Fsp3) is 1.00. The summed E-state index contributed by atoms with van der Waals surface area (Å²) in [6.45, 7) is 9.54. The Morgan fingerprint density at radius 2 is 0.700 bits per heavy atom. The highest BCUT2D eigenvalue weighted by Gasteiger charge is 2.38. The molecule has 8 nitrogen and oxygen atoms in total. The van der Waals surface area contributed by atoms with Crippen LogP contribution in [0.4, 0.5) is 0 Å². The van der Waals surface area contributed by atoms with Gasteiger partial charge in [0.05, 0.1) is 0 Å². The Kier molecular flexibility index (Phi) is 10.4. The number of rotatable bonds is 8. The summed E-state index contributed by atoms with van der Waals surface area (Å²) in [4.78, 5) is 0. The molecule has 0 aromatic heterocycles. The van der Waals surface area contributed by atoms with Crippen LogP contribution in [-0.2, 0) is 34.2 Å². The van der Waals surface area contributed by atoms with E-state index in [1.165, 1.54) is 0 Å². The maximum Gasteiger partial charge on any atom is 0.469 e. The molecule has 1 saturated heterocycles. The van der Waals surface area contributed by atoms with Gasteiger partial charge in [0.2, 0.25) is 0 Å². The van der Waals surface area contributed by atoms with Crippen LogP contribution < -0.4 is 0 Å². The predicted octanol–water partition coefficient (Wildman–Crippen LogP) is -0.919. The van der Waals surface area contributed by atoms with Gasteiger partial charge in [0.15, 0.2) is 0 Å². The van der Waals surface area contributed by atoms with Crippen molar-refractivity contribution in [3.05, 3.63) is 0 Å². The van der Waals surface area contributed by atoms with Crippen LogP contribution >= 0.6 is 0 Å². The minimum absolute atomic E-state index is 0.504. The Morgan fingerprint density at radius 1 is 0.500 bits per heavy atom. The summed E-state index contributed by atoms with van der Waals surface area (Å²) in [5.74, 6) is 0. The summed E-state index contributed by atoms with van der Waals surface area (Å²) in [5, 5.41) is 0. The average molecular weight is 361 g/mol. The van der Waals surface area contributed by atoms with Gasteiger partial charge in [-0.25, -0.2) is 0 Å². The maximum atomic E-state index is 5.74. The molecule has 0 unspecified atom stereocenters. The van der Waals surface area contributed by atoms with Gasteiger partial charge in [-0.15, -0.1) is 0 Å². The minimum Gasteiger partial charge on any atom is -0.377 e. The van der Waals surface area contributed by atoms with Crippen LogP contribution in [-0.4, -0.2) is 64.5 Å². The highest BCUT2D eigenvalue weighted by Crippen LogP contribution is 2.11. The fourth-order valence-electron chi connectivity index (χ4n) is 1.35. The molecular weight excluding hydrogens is 336 g/mol. The molecule has 1 heterocycles. The molecule has 0 saturated carbocycles. The first kappa shape index (κ1) is 18.6. The molecule has 120 valence electrons. The number of hydrogen-bond donors (Lipinski definition) is 0. The molecule has 0 radical (unpaired) electrons. The Morgan fingerprint density at radius 3 is 0.850 bits per heavy atom. The highest BCUT2D eigenvalue weighted by molar-refractivity contribution is 6.67. The molecule has 1 aliphatic rings. The standard InChI is InChI=1S/C8H24O8Si4/c1-5-9-17-13-18(10-6-2)15-20(12-8-4)16-19(14-17)11-7-3/h17-20H,5-8H2,1-4H3. The van der Waals surface area contributed by atoms with Gasteiger partial charge < -0.3 is 34.2 Å². The lowest BCUT2D eigenvalue weighted by atomic mass is 10.9. The molecule has 0 aliphatic carbocycles. The molecule has 0 aromatic rings. The van der Waals surface area contributed by atoms with Crippen molar-refractivity contribution in [2.75, 3.05) is 26.4 Å². The summed E-state index contributed by atoms with van der Waals surface area (Å²) in [6, 6.07) is 0. The van der Waals surface area contributed by atoms with E-state index >= 15 is 0 Å². The monoisotopic (exact) mass is 360 g/mol. The van der Waals surface area contributed by atoms with Crippen LogP contribution in [0.15, 0.2) is 0 Å². The molecule has 0 atom stereocenters. The molecule has 0 amide bonds. The van der Waals surface area contributed by atoms with Crippen molar-refractivity contribution in [2.24, 2.45) is 0 Å². The van der Waals surface area contributed by atoms with Gasteiger partial charge in [0.1, 0.15) is 0 Å². The zero-order valence-corrected chi connectivity index (χ0v) is 17.0. The van der Waals surface area contributed by atoms with Crippen molar-refractivity contribution < 1.29 is 34.2 Å². The maximum absolute atomic E-state index is 5.74. The van der Waals surface area contributed by atoms with Gasteiger partial charge in [-0.2, -0.15) is 0 Å². The van der Waals surface area contributed by atoms with Crippen molar-refractivity contribution in [3.8, 4) is 0 Å². The van der Waals surface area contributed by atoms with E-state index in [9.17, 15) is 0 Å². The van der Waals surface area contributed by atoms with Gasteiger partial charge in [-0.1, -0.05) is 0 Å². The molecule has 0 spiro atoms. The molecule has 20 heavy (non-hydrogen) atoms. The van der Waals surface area contributed by atoms with Crippen LogP contribution in [0, 0.1) is 0 Å². The summed E-state index contributed by atoms with van der Waals surface area (Å²) in [6.07, 6.45) is 0. The Balaban J connectivity index is 2.67. The predicted molar refractivity (Wildman–Crippen MR) is 79.4 cm³/mol. The van der Waals surface area contributed by atoms with E-state index in [4.69, 9.17) is 34.2 Å². The summed E-state index contributed by atoms with van der Waals surface area (Å²) in [7, 11) is -9.34. The Labute approximate surface area is 127 Å². The van der Waals surface area contributed by atoms with Gasteiger partial charge in [-0.05, 0) is 27.7 Å². The average Bonchev–Trinajstić information content (AvgIpc) is 2.37. The third kappa shape index (κ3) is 7.01. The summed E-state index contributed by atoms with van der Waals surface area (Å²) in [5.41, 5.74) is 0. The van der Waals surface area contributed by atoms with Crippen LogP contribution in [0.1, 0.15) is 27.7 Å². The topological polar surface area (TPSA) is 73.8 Å². The van der Waals surface area contributed by atoms with Gasteiger partial charge >= 0.3 is 38.1 Å². The van der Waals surface area contributed by atoms with Crippen LogP contribution in [0.25, 0.3) is 0 Å². The fourth-order valence-corrected chi connectivity index (χ4v) is 11.2. The second-order valence-corrected chi connectivity index (χ2v) is 11.5. The van der Waals surface area contributed by atoms with E-state index in [1.54, 1.807) is 0 Å². The minimum atomic E-state index is -2.34. The van der Waals surface area contributed by atoms with E-state index in [1.807, 2.05) is 27.7 Å². The van der Waals surface area contributed by atoms with E-state index in [2.05, 4.69) is 0 Å². The van der Waals surface area contributed by atoms with Crippen molar-refractivity contribution in [2.45, 2.75) is 27.7 Å². The first-order valence-electron chi connectivity index (χ1n) is 6.81. The third-order valence-corrected chi connectivity index (χ3v) is 11.6. The largest absolute Gasteiger partial charge is 0.469 e. The zero-order chi connectivity index (χ0) is 14.8. The molecule has 1 aliphatic heterocycles. The van der Waals surface area contributed by atoms with E-state index in [-0.39, 0.29) is 0 Å². The zero-order valence-electron chi connectivity index (χ0n) is 12.4. The smallest absolute Gasteiger partial charge is 0.377 e. The van der Waals surface area contributed by atoms with Crippen molar-refractivity contribution >= 4 is 38.1 Å². The Bertz CT molecular complexity index is 195. The lowest BCUT2D eigenvalue weighted by Gasteiger charge is -2.31. The first-order chi connectivity index (χ1) is 9.73. The SMILES string of the molecule is CCO[SiH]1O[SiH](OCC)O[SiH](OCC)O[SiH](OCC)O1. The van der Waals surface area contributed by atoms with E-state index < -0.39 is 38.1 Å². The van der Waals surface area contributed by atoms with Gasteiger partial charge in [0, 0.05) is 26.4 Å².